The molecule has 2 N–H and O–H groups in total. The van der Waals surface area contributed by atoms with Crippen molar-refractivity contribution in [3.05, 3.63) is 52.5 Å². The SMILES string of the molecule is COc1ccccc1CCNCC(=O)Nc1cc(C)c(Cl)cc1OC. The molecule has 0 aromatic heterocycles. The van der Waals surface area contributed by atoms with E-state index in [1.165, 1.54) is 0 Å². The fourth-order valence-electron chi connectivity index (χ4n) is 2.46. The third-order valence-electron chi connectivity index (χ3n) is 3.80. The van der Waals surface area contributed by atoms with Crippen LogP contribution in [-0.4, -0.2) is 33.2 Å². The Morgan fingerprint density at radius 3 is 2.56 bits per heavy atom. The molecule has 0 bridgehead atoms. The Balaban J connectivity index is 1.84. The van der Waals surface area contributed by atoms with Crippen LogP contribution in [0.1, 0.15) is 11.1 Å². The molecule has 0 spiro atoms. The summed E-state index contributed by atoms with van der Waals surface area (Å²) in [5, 5.41) is 6.58. The van der Waals surface area contributed by atoms with Gasteiger partial charge in [0, 0.05) is 11.1 Å². The lowest BCUT2D eigenvalue weighted by molar-refractivity contribution is -0.115. The summed E-state index contributed by atoms with van der Waals surface area (Å²) in [5.74, 6) is 1.26. The third-order valence-corrected chi connectivity index (χ3v) is 4.21. The van der Waals surface area contributed by atoms with Gasteiger partial charge in [0.15, 0.2) is 0 Å². The fourth-order valence-corrected chi connectivity index (χ4v) is 2.61. The highest BCUT2D eigenvalue weighted by atomic mass is 35.5. The molecule has 0 radical (unpaired) electrons. The molecule has 0 saturated heterocycles. The number of hydrogen-bond acceptors (Lipinski definition) is 4. The van der Waals surface area contributed by atoms with Crippen LogP contribution in [0.5, 0.6) is 11.5 Å². The van der Waals surface area contributed by atoms with E-state index in [9.17, 15) is 4.79 Å². The van der Waals surface area contributed by atoms with Crippen LogP contribution in [0.15, 0.2) is 36.4 Å². The van der Waals surface area contributed by atoms with Crippen molar-refractivity contribution < 1.29 is 14.3 Å². The molecule has 0 unspecified atom stereocenters. The van der Waals surface area contributed by atoms with E-state index in [0.29, 0.717) is 23.0 Å². The van der Waals surface area contributed by atoms with Gasteiger partial charge in [0.05, 0.1) is 26.5 Å². The third kappa shape index (κ3) is 5.37. The normalized spacial score (nSPS) is 10.4. The van der Waals surface area contributed by atoms with E-state index in [-0.39, 0.29) is 12.5 Å². The molecule has 0 aliphatic rings. The van der Waals surface area contributed by atoms with Crippen LogP contribution in [0.25, 0.3) is 0 Å². The van der Waals surface area contributed by atoms with Gasteiger partial charge in [-0.15, -0.1) is 0 Å². The van der Waals surface area contributed by atoms with Gasteiger partial charge in [-0.1, -0.05) is 29.8 Å². The smallest absolute Gasteiger partial charge is 0.238 e. The van der Waals surface area contributed by atoms with Gasteiger partial charge in [-0.3, -0.25) is 4.79 Å². The van der Waals surface area contributed by atoms with Crippen LogP contribution in [0, 0.1) is 6.92 Å². The highest BCUT2D eigenvalue weighted by Gasteiger charge is 2.10. The Kier molecular flexibility index (Phi) is 7.10. The number of benzene rings is 2. The molecule has 0 saturated carbocycles. The zero-order valence-corrected chi connectivity index (χ0v) is 15.4. The van der Waals surface area contributed by atoms with Gasteiger partial charge in [-0.25, -0.2) is 0 Å². The van der Waals surface area contributed by atoms with Crippen LogP contribution >= 0.6 is 11.6 Å². The predicted octanol–water partition coefficient (Wildman–Crippen LogP) is 3.44. The number of para-hydroxylation sites is 1. The van der Waals surface area contributed by atoms with Gasteiger partial charge >= 0.3 is 0 Å². The molecule has 0 aliphatic heterocycles. The molecule has 25 heavy (non-hydrogen) atoms. The highest BCUT2D eigenvalue weighted by Crippen LogP contribution is 2.30. The molecule has 0 aliphatic carbocycles. The maximum absolute atomic E-state index is 12.1. The van der Waals surface area contributed by atoms with Crippen LogP contribution in [-0.2, 0) is 11.2 Å². The summed E-state index contributed by atoms with van der Waals surface area (Å²) >= 11 is 6.07. The molecule has 6 heteroatoms. The number of nitrogens with one attached hydrogen (secondary N) is 2. The summed E-state index contributed by atoms with van der Waals surface area (Å²) in [4.78, 5) is 12.1. The van der Waals surface area contributed by atoms with Crippen molar-refractivity contribution in [1.82, 2.24) is 5.32 Å². The van der Waals surface area contributed by atoms with E-state index < -0.39 is 0 Å². The highest BCUT2D eigenvalue weighted by molar-refractivity contribution is 6.31. The first-order valence-electron chi connectivity index (χ1n) is 8.01. The molecular weight excluding hydrogens is 340 g/mol. The molecule has 134 valence electrons. The van der Waals surface area contributed by atoms with E-state index >= 15 is 0 Å². The van der Waals surface area contributed by atoms with Gasteiger partial charge in [0.2, 0.25) is 5.91 Å². The Bertz CT molecular complexity index is 735. The zero-order chi connectivity index (χ0) is 18.2. The Morgan fingerprint density at radius 2 is 1.84 bits per heavy atom. The number of methoxy groups -OCH3 is 2. The van der Waals surface area contributed by atoms with Gasteiger partial charge < -0.3 is 20.1 Å². The fraction of sp³-hybridized carbons (Fsp3) is 0.316. The number of carbonyl (C=O) groups excluding carboxylic acids is 1. The van der Waals surface area contributed by atoms with E-state index in [1.807, 2.05) is 31.2 Å². The molecule has 0 fully saturated rings. The summed E-state index contributed by atoms with van der Waals surface area (Å²) in [6.07, 6.45) is 0.778. The summed E-state index contributed by atoms with van der Waals surface area (Å²) < 4.78 is 10.6. The van der Waals surface area contributed by atoms with Crippen molar-refractivity contribution in [2.45, 2.75) is 13.3 Å². The number of carbonyl (C=O) groups is 1. The lowest BCUT2D eigenvalue weighted by atomic mass is 10.1. The molecule has 2 aromatic carbocycles. The lowest BCUT2D eigenvalue weighted by Gasteiger charge is -2.13. The van der Waals surface area contributed by atoms with Crippen molar-refractivity contribution in [3.63, 3.8) is 0 Å². The standard InChI is InChI=1S/C19H23ClN2O3/c1-13-10-16(18(25-3)11-15(13)20)22-19(23)12-21-9-8-14-6-4-5-7-17(14)24-2/h4-7,10-11,21H,8-9,12H2,1-3H3,(H,22,23). The monoisotopic (exact) mass is 362 g/mol. The summed E-state index contributed by atoms with van der Waals surface area (Å²) in [5.41, 5.74) is 2.59. The van der Waals surface area contributed by atoms with Crippen molar-refractivity contribution in [1.29, 1.82) is 0 Å². The molecule has 0 atom stereocenters. The average molecular weight is 363 g/mol. The van der Waals surface area contributed by atoms with Crippen LogP contribution in [0.4, 0.5) is 5.69 Å². The lowest BCUT2D eigenvalue weighted by Crippen LogP contribution is -2.29. The summed E-state index contributed by atoms with van der Waals surface area (Å²) in [7, 11) is 3.20. The van der Waals surface area contributed by atoms with Gasteiger partial charge in [0.1, 0.15) is 11.5 Å². The Morgan fingerprint density at radius 1 is 1.12 bits per heavy atom. The summed E-state index contributed by atoms with van der Waals surface area (Å²) in [6, 6.07) is 11.3. The maximum Gasteiger partial charge on any atom is 0.238 e. The van der Waals surface area contributed by atoms with Gasteiger partial charge in [-0.05, 0) is 43.1 Å². The first kappa shape index (κ1) is 19.1. The zero-order valence-electron chi connectivity index (χ0n) is 14.7. The van der Waals surface area contributed by atoms with Crippen LogP contribution in [0.2, 0.25) is 5.02 Å². The van der Waals surface area contributed by atoms with Gasteiger partial charge in [-0.2, -0.15) is 0 Å². The van der Waals surface area contributed by atoms with Gasteiger partial charge in [0.25, 0.3) is 0 Å². The second-order valence-electron chi connectivity index (χ2n) is 5.59. The minimum absolute atomic E-state index is 0.139. The first-order chi connectivity index (χ1) is 12.0. The minimum Gasteiger partial charge on any atom is -0.496 e. The molecule has 1 amide bonds. The number of amides is 1. The second-order valence-corrected chi connectivity index (χ2v) is 6.00. The maximum atomic E-state index is 12.1. The molecule has 5 nitrogen and oxygen atoms in total. The molecular formula is C19H23ClN2O3. The van der Waals surface area contributed by atoms with E-state index in [1.54, 1.807) is 26.4 Å². The van der Waals surface area contributed by atoms with E-state index in [2.05, 4.69) is 10.6 Å². The number of halogens is 1. The second kappa shape index (κ2) is 9.30. The average Bonchev–Trinajstić information content (AvgIpc) is 2.62. The quantitative estimate of drug-likeness (QED) is 0.706. The Hall–Kier alpha value is -2.24. The minimum atomic E-state index is -0.139. The van der Waals surface area contributed by atoms with Crippen LogP contribution < -0.4 is 20.1 Å². The number of aryl methyl sites for hydroxylation is 1. The van der Waals surface area contributed by atoms with Crippen molar-refractivity contribution >= 4 is 23.2 Å². The van der Waals surface area contributed by atoms with Crippen molar-refractivity contribution in [2.75, 3.05) is 32.6 Å². The number of ether oxygens (including phenoxy) is 2. The number of anilines is 1. The molecule has 2 rings (SSSR count). The van der Waals surface area contributed by atoms with E-state index in [0.717, 1.165) is 23.3 Å². The van der Waals surface area contributed by atoms with E-state index in [4.69, 9.17) is 21.1 Å². The predicted molar refractivity (Wildman–Crippen MR) is 101 cm³/mol. The van der Waals surface area contributed by atoms with Crippen molar-refractivity contribution in [3.8, 4) is 11.5 Å². The molecule has 2 aromatic rings. The van der Waals surface area contributed by atoms with Crippen molar-refractivity contribution in [2.24, 2.45) is 0 Å². The first-order valence-corrected chi connectivity index (χ1v) is 8.39. The number of hydrogen-bond donors (Lipinski definition) is 2. The largest absolute Gasteiger partial charge is 0.496 e. The van der Waals surface area contributed by atoms with Crippen LogP contribution in [0.3, 0.4) is 0 Å². The number of rotatable bonds is 8. The Labute approximate surface area is 153 Å². The summed E-state index contributed by atoms with van der Waals surface area (Å²) in [6.45, 7) is 2.76. The topological polar surface area (TPSA) is 59.6 Å². The molecule has 0 heterocycles.